The zero-order chi connectivity index (χ0) is 14.2. The molecule has 0 bridgehead atoms. The minimum Gasteiger partial charge on any atom is -0.364 e. The molecule has 0 saturated carbocycles. The molecule has 0 radical (unpaired) electrons. The lowest BCUT2D eigenvalue weighted by atomic mass is 9.92. The Morgan fingerprint density at radius 2 is 2.11 bits per heavy atom. The van der Waals surface area contributed by atoms with Gasteiger partial charge in [0, 0.05) is 24.7 Å². The van der Waals surface area contributed by atoms with Crippen molar-refractivity contribution < 1.29 is 4.39 Å². The van der Waals surface area contributed by atoms with E-state index in [9.17, 15) is 4.39 Å². The molecule has 0 amide bonds. The van der Waals surface area contributed by atoms with E-state index in [1.54, 1.807) is 12.1 Å². The van der Waals surface area contributed by atoms with E-state index in [1.807, 2.05) is 0 Å². The molecule has 1 aliphatic rings. The minimum absolute atomic E-state index is 0.00103. The molecule has 2 rings (SSSR count). The Morgan fingerprint density at radius 1 is 1.42 bits per heavy atom. The second kappa shape index (κ2) is 5.29. The van der Waals surface area contributed by atoms with Crippen LogP contribution in [-0.4, -0.2) is 24.7 Å². The minimum atomic E-state index is -0.238. The van der Waals surface area contributed by atoms with Crippen molar-refractivity contribution >= 4 is 17.3 Å². The first kappa shape index (κ1) is 14.6. The van der Waals surface area contributed by atoms with Crippen molar-refractivity contribution in [3.63, 3.8) is 0 Å². The van der Waals surface area contributed by atoms with Gasteiger partial charge in [-0.25, -0.2) is 4.39 Å². The number of benzene rings is 1. The third-order valence-corrected chi connectivity index (χ3v) is 4.06. The van der Waals surface area contributed by atoms with Crippen molar-refractivity contribution in [2.24, 2.45) is 5.92 Å². The highest BCUT2D eigenvalue weighted by Gasteiger charge is 2.34. The van der Waals surface area contributed by atoms with Gasteiger partial charge in [0.1, 0.15) is 5.82 Å². The molecule has 1 unspecified atom stereocenters. The number of hydrogen-bond donors (Lipinski definition) is 1. The molecule has 2 nitrogen and oxygen atoms in total. The summed E-state index contributed by atoms with van der Waals surface area (Å²) in [6.07, 6.45) is 0. The molecule has 1 N–H and O–H groups in total. The van der Waals surface area contributed by atoms with Gasteiger partial charge in [-0.15, -0.1) is 0 Å². The number of nitrogens with zero attached hydrogens (tertiary/aromatic N) is 1. The van der Waals surface area contributed by atoms with Crippen molar-refractivity contribution in [2.45, 2.75) is 39.3 Å². The van der Waals surface area contributed by atoms with Crippen LogP contribution in [0.25, 0.3) is 0 Å². The van der Waals surface area contributed by atoms with Crippen LogP contribution in [0, 0.1) is 11.7 Å². The Labute approximate surface area is 119 Å². The topological polar surface area (TPSA) is 15.3 Å². The molecule has 0 spiro atoms. The van der Waals surface area contributed by atoms with Crippen LogP contribution < -0.4 is 10.2 Å². The Kier molecular flexibility index (Phi) is 4.07. The van der Waals surface area contributed by atoms with Crippen molar-refractivity contribution in [3.8, 4) is 0 Å². The lowest BCUT2D eigenvalue weighted by molar-refractivity contribution is 0.277. The predicted molar refractivity (Wildman–Crippen MR) is 79.5 cm³/mol. The van der Waals surface area contributed by atoms with E-state index < -0.39 is 0 Å². The van der Waals surface area contributed by atoms with Crippen LogP contribution in [0.5, 0.6) is 0 Å². The van der Waals surface area contributed by atoms with Crippen LogP contribution in [-0.2, 0) is 0 Å². The summed E-state index contributed by atoms with van der Waals surface area (Å²) in [7, 11) is 0. The maximum atomic E-state index is 13.5. The molecule has 1 aromatic rings. The average molecular weight is 285 g/mol. The first-order valence-electron chi connectivity index (χ1n) is 6.77. The molecule has 1 heterocycles. The van der Waals surface area contributed by atoms with Gasteiger partial charge in [-0.3, -0.25) is 0 Å². The Bertz CT molecular complexity index is 459. The molecule has 1 aliphatic heterocycles. The summed E-state index contributed by atoms with van der Waals surface area (Å²) in [5, 5.41) is 4.16. The summed E-state index contributed by atoms with van der Waals surface area (Å²) in [5.74, 6) is 0.237. The van der Waals surface area contributed by atoms with E-state index in [1.165, 1.54) is 6.07 Å². The summed E-state index contributed by atoms with van der Waals surface area (Å²) in [6.45, 7) is 10.4. The Hall–Kier alpha value is -0.800. The van der Waals surface area contributed by atoms with Gasteiger partial charge in [0.2, 0.25) is 0 Å². The monoisotopic (exact) mass is 284 g/mol. The molecule has 1 fully saturated rings. The van der Waals surface area contributed by atoms with Gasteiger partial charge >= 0.3 is 0 Å². The molecule has 1 saturated heterocycles. The summed E-state index contributed by atoms with van der Waals surface area (Å²) in [4.78, 5) is 2.24. The van der Waals surface area contributed by atoms with Gasteiger partial charge in [0.25, 0.3) is 0 Å². The summed E-state index contributed by atoms with van der Waals surface area (Å²) in [5.41, 5.74) is 0.802. The molecular weight excluding hydrogens is 263 g/mol. The maximum Gasteiger partial charge on any atom is 0.125 e. The first-order chi connectivity index (χ1) is 8.80. The van der Waals surface area contributed by atoms with Crippen LogP contribution in [0.15, 0.2) is 18.2 Å². The summed E-state index contributed by atoms with van der Waals surface area (Å²) < 4.78 is 13.5. The lowest BCUT2D eigenvalue weighted by Gasteiger charge is -2.47. The number of rotatable bonds is 2. The fourth-order valence-corrected chi connectivity index (χ4v) is 2.88. The molecule has 1 atom stereocenters. The number of anilines is 1. The predicted octanol–water partition coefficient (Wildman–Crippen LogP) is 3.69. The van der Waals surface area contributed by atoms with E-state index in [0.29, 0.717) is 17.0 Å². The fourth-order valence-electron chi connectivity index (χ4n) is 2.66. The SMILES string of the molecule is CC(C)C1CNC(C)(C)CN1c1cc(F)ccc1Cl. The van der Waals surface area contributed by atoms with Gasteiger partial charge in [-0.2, -0.15) is 0 Å². The fraction of sp³-hybridized carbons (Fsp3) is 0.600. The zero-order valence-electron chi connectivity index (χ0n) is 12.0. The lowest BCUT2D eigenvalue weighted by Crippen LogP contribution is -2.63. The van der Waals surface area contributed by atoms with Crippen LogP contribution in [0.2, 0.25) is 5.02 Å². The molecule has 1 aromatic carbocycles. The molecule has 19 heavy (non-hydrogen) atoms. The second-order valence-electron chi connectivity index (χ2n) is 6.30. The zero-order valence-corrected chi connectivity index (χ0v) is 12.8. The first-order valence-corrected chi connectivity index (χ1v) is 7.15. The molecule has 106 valence electrons. The van der Waals surface area contributed by atoms with E-state index in [2.05, 4.69) is 37.9 Å². The van der Waals surface area contributed by atoms with E-state index in [0.717, 1.165) is 18.8 Å². The summed E-state index contributed by atoms with van der Waals surface area (Å²) >= 11 is 6.26. The molecule has 4 heteroatoms. The van der Waals surface area contributed by atoms with Gasteiger partial charge in [-0.05, 0) is 38.0 Å². The standard InChI is InChI=1S/C15H22ClFN2/c1-10(2)14-8-18-15(3,4)9-19(14)13-7-11(17)5-6-12(13)16/h5-7,10,14,18H,8-9H2,1-4H3. The maximum absolute atomic E-state index is 13.5. The number of nitrogens with one attached hydrogen (secondary N) is 1. The molecular formula is C15H22ClFN2. The van der Waals surface area contributed by atoms with Crippen LogP contribution >= 0.6 is 11.6 Å². The summed E-state index contributed by atoms with van der Waals surface area (Å²) in [6, 6.07) is 4.91. The highest BCUT2D eigenvalue weighted by molar-refractivity contribution is 6.33. The third kappa shape index (κ3) is 3.21. The second-order valence-corrected chi connectivity index (χ2v) is 6.71. The van der Waals surface area contributed by atoms with E-state index in [4.69, 9.17) is 11.6 Å². The van der Waals surface area contributed by atoms with Crippen LogP contribution in [0.4, 0.5) is 10.1 Å². The van der Waals surface area contributed by atoms with Crippen LogP contribution in [0.3, 0.4) is 0 Å². The average Bonchev–Trinajstić information content (AvgIpc) is 2.30. The van der Waals surface area contributed by atoms with Crippen molar-refractivity contribution in [2.75, 3.05) is 18.0 Å². The highest BCUT2D eigenvalue weighted by Crippen LogP contribution is 2.32. The number of hydrogen-bond acceptors (Lipinski definition) is 2. The van der Waals surface area contributed by atoms with Gasteiger partial charge < -0.3 is 10.2 Å². The number of piperazine rings is 1. The van der Waals surface area contributed by atoms with Crippen molar-refractivity contribution in [1.29, 1.82) is 0 Å². The van der Waals surface area contributed by atoms with E-state index in [-0.39, 0.29) is 11.4 Å². The van der Waals surface area contributed by atoms with Crippen molar-refractivity contribution in [3.05, 3.63) is 29.0 Å². The quantitative estimate of drug-likeness (QED) is 0.891. The smallest absolute Gasteiger partial charge is 0.125 e. The largest absolute Gasteiger partial charge is 0.364 e. The van der Waals surface area contributed by atoms with Gasteiger partial charge in [0.05, 0.1) is 10.7 Å². The van der Waals surface area contributed by atoms with Gasteiger partial charge in [0.15, 0.2) is 0 Å². The van der Waals surface area contributed by atoms with Crippen molar-refractivity contribution in [1.82, 2.24) is 5.32 Å². The molecule has 0 aromatic heterocycles. The Morgan fingerprint density at radius 3 is 2.74 bits per heavy atom. The number of halogens is 2. The van der Waals surface area contributed by atoms with Crippen LogP contribution in [0.1, 0.15) is 27.7 Å². The van der Waals surface area contributed by atoms with E-state index >= 15 is 0 Å². The normalized spacial score (nSPS) is 22.9. The Balaban J connectivity index is 2.39. The third-order valence-electron chi connectivity index (χ3n) is 3.74. The molecule has 0 aliphatic carbocycles. The van der Waals surface area contributed by atoms with Gasteiger partial charge in [-0.1, -0.05) is 25.4 Å². The highest BCUT2D eigenvalue weighted by atomic mass is 35.5.